The van der Waals surface area contributed by atoms with Crippen LogP contribution in [-0.2, 0) is 31.3 Å². The SMILES string of the molecule is CCNS(=O)(=O)c1cccc(OCC(O)CNC2COC3(CCN(S(=O)(=O)c4cccc(-c5ccc(CN)cc5)c4)CC3)C2)c1. The molecule has 5 rings (SSSR count). The molecule has 13 heteroatoms. The maximum Gasteiger partial charge on any atom is 0.243 e. The summed E-state index contributed by atoms with van der Waals surface area (Å²) in [4.78, 5) is 0.372. The maximum absolute atomic E-state index is 13.6. The minimum absolute atomic E-state index is 0.0105. The van der Waals surface area contributed by atoms with Crippen LogP contribution < -0.4 is 20.5 Å². The minimum Gasteiger partial charge on any atom is -0.491 e. The molecule has 2 saturated heterocycles. The number of piperidine rings is 1. The molecule has 3 aromatic carbocycles. The van der Waals surface area contributed by atoms with Crippen LogP contribution >= 0.6 is 0 Å². The Morgan fingerprint density at radius 1 is 1.00 bits per heavy atom. The summed E-state index contributed by atoms with van der Waals surface area (Å²) in [6.45, 7) is 3.89. The van der Waals surface area contributed by atoms with Crippen molar-refractivity contribution in [3.63, 3.8) is 0 Å². The highest BCUT2D eigenvalue weighted by Crippen LogP contribution is 2.37. The first kappa shape index (κ1) is 33.5. The van der Waals surface area contributed by atoms with Gasteiger partial charge in [0.25, 0.3) is 0 Å². The van der Waals surface area contributed by atoms with Gasteiger partial charge in [-0.3, -0.25) is 0 Å². The van der Waals surface area contributed by atoms with Crippen LogP contribution in [0, 0.1) is 0 Å². The van der Waals surface area contributed by atoms with Crippen LogP contribution in [0.3, 0.4) is 0 Å². The molecule has 45 heavy (non-hydrogen) atoms. The number of benzene rings is 3. The number of nitrogens with two attached hydrogens (primary N) is 1. The average Bonchev–Trinajstić information content (AvgIpc) is 3.45. The van der Waals surface area contributed by atoms with E-state index in [0.29, 0.717) is 51.3 Å². The van der Waals surface area contributed by atoms with Gasteiger partial charge in [0, 0.05) is 44.8 Å². The molecule has 0 amide bonds. The fraction of sp³-hybridized carbons (Fsp3) is 0.438. The lowest BCUT2D eigenvalue weighted by Gasteiger charge is -2.38. The number of sulfonamides is 2. The number of hydrogen-bond donors (Lipinski definition) is 4. The number of nitrogens with zero attached hydrogens (tertiary/aromatic N) is 1. The van der Waals surface area contributed by atoms with Crippen LogP contribution in [0.25, 0.3) is 11.1 Å². The number of aliphatic hydroxyl groups excluding tert-OH is 1. The third kappa shape index (κ3) is 8.10. The predicted molar refractivity (Wildman–Crippen MR) is 172 cm³/mol. The van der Waals surface area contributed by atoms with Crippen LogP contribution in [-0.4, -0.2) is 83.4 Å². The molecule has 244 valence electrons. The van der Waals surface area contributed by atoms with Crippen molar-refractivity contribution in [2.75, 3.05) is 39.4 Å². The Kier molecular flexibility index (Phi) is 10.6. The molecule has 2 aliphatic rings. The van der Waals surface area contributed by atoms with Crippen molar-refractivity contribution in [3.8, 4) is 16.9 Å². The van der Waals surface area contributed by atoms with Crippen LogP contribution in [0.4, 0.5) is 0 Å². The molecule has 2 atom stereocenters. The maximum atomic E-state index is 13.6. The summed E-state index contributed by atoms with van der Waals surface area (Å²) in [6, 6.07) is 21.0. The molecule has 0 saturated carbocycles. The molecule has 0 radical (unpaired) electrons. The zero-order chi connectivity index (χ0) is 32.1. The highest BCUT2D eigenvalue weighted by molar-refractivity contribution is 7.89. The number of nitrogens with one attached hydrogen (secondary N) is 2. The highest BCUT2D eigenvalue weighted by atomic mass is 32.2. The lowest BCUT2D eigenvalue weighted by molar-refractivity contribution is -0.0312. The summed E-state index contributed by atoms with van der Waals surface area (Å²) in [5, 5.41) is 13.8. The van der Waals surface area contributed by atoms with E-state index in [2.05, 4.69) is 10.0 Å². The van der Waals surface area contributed by atoms with Crippen molar-refractivity contribution in [2.24, 2.45) is 5.73 Å². The van der Waals surface area contributed by atoms with E-state index in [0.717, 1.165) is 16.7 Å². The smallest absolute Gasteiger partial charge is 0.243 e. The van der Waals surface area contributed by atoms with Gasteiger partial charge >= 0.3 is 0 Å². The van der Waals surface area contributed by atoms with Crippen molar-refractivity contribution in [3.05, 3.63) is 78.4 Å². The van der Waals surface area contributed by atoms with E-state index in [4.69, 9.17) is 15.2 Å². The van der Waals surface area contributed by atoms with Crippen molar-refractivity contribution >= 4 is 20.0 Å². The predicted octanol–water partition coefficient (Wildman–Crippen LogP) is 2.45. The van der Waals surface area contributed by atoms with Gasteiger partial charge in [-0.25, -0.2) is 21.6 Å². The molecule has 2 aliphatic heterocycles. The van der Waals surface area contributed by atoms with Gasteiger partial charge in [0.1, 0.15) is 18.5 Å². The first-order valence-electron chi connectivity index (χ1n) is 15.2. The van der Waals surface area contributed by atoms with Gasteiger partial charge in [0.15, 0.2) is 0 Å². The molecular weight excluding hydrogens is 617 g/mol. The van der Waals surface area contributed by atoms with Gasteiger partial charge in [-0.05, 0) is 60.2 Å². The van der Waals surface area contributed by atoms with Gasteiger partial charge in [-0.2, -0.15) is 4.31 Å². The molecule has 2 heterocycles. The third-order valence-electron chi connectivity index (χ3n) is 8.37. The zero-order valence-electron chi connectivity index (χ0n) is 25.4. The Labute approximate surface area is 265 Å². The Morgan fingerprint density at radius 3 is 2.42 bits per heavy atom. The lowest BCUT2D eigenvalue weighted by atomic mass is 9.88. The Morgan fingerprint density at radius 2 is 1.71 bits per heavy atom. The van der Waals surface area contributed by atoms with Gasteiger partial charge < -0.3 is 25.6 Å². The summed E-state index contributed by atoms with van der Waals surface area (Å²) >= 11 is 0. The second kappa shape index (κ2) is 14.3. The molecule has 2 fully saturated rings. The van der Waals surface area contributed by atoms with Gasteiger partial charge in [-0.1, -0.05) is 49.4 Å². The fourth-order valence-electron chi connectivity index (χ4n) is 5.83. The number of hydrogen-bond acceptors (Lipinski definition) is 9. The first-order chi connectivity index (χ1) is 21.5. The molecule has 0 aliphatic carbocycles. The van der Waals surface area contributed by atoms with Gasteiger partial charge in [0.05, 0.1) is 22.0 Å². The largest absolute Gasteiger partial charge is 0.491 e. The van der Waals surface area contributed by atoms with E-state index in [9.17, 15) is 21.9 Å². The van der Waals surface area contributed by atoms with Crippen LogP contribution in [0.15, 0.2) is 82.6 Å². The van der Waals surface area contributed by atoms with Crippen molar-refractivity contribution in [2.45, 2.75) is 60.3 Å². The molecule has 11 nitrogen and oxygen atoms in total. The molecule has 0 aromatic heterocycles. The number of ether oxygens (including phenoxy) is 2. The molecule has 2 unspecified atom stereocenters. The van der Waals surface area contributed by atoms with E-state index < -0.39 is 31.8 Å². The molecule has 3 aromatic rings. The number of rotatable bonds is 13. The van der Waals surface area contributed by atoms with Crippen LogP contribution in [0.2, 0.25) is 0 Å². The first-order valence-corrected chi connectivity index (χ1v) is 18.1. The molecular formula is C32H42N4O7S2. The van der Waals surface area contributed by atoms with Crippen LogP contribution in [0.5, 0.6) is 5.75 Å². The summed E-state index contributed by atoms with van der Waals surface area (Å²) in [5.41, 5.74) is 8.07. The zero-order valence-corrected chi connectivity index (χ0v) is 27.0. The van der Waals surface area contributed by atoms with E-state index in [1.54, 1.807) is 41.6 Å². The third-order valence-corrected chi connectivity index (χ3v) is 11.8. The standard InChI is InChI=1S/C32H42N4O7S2/c1-2-35-44(38,39)30-7-4-6-29(18-30)42-23-28(37)21-34-27-19-32(43-22-27)13-15-36(16-14-32)45(40,41)31-8-3-5-26(17-31)25-11-9-24(20-33)10-12-25/h3-12,17-18,27-28,34-35,37H,2,13-16,19-23,33H2,1H3. The highest BCUT2D eigenvalue weighted by Gasteiger charge is 2.44. The summed E-state index contributed by atoms with van der Waals surface area (Å²) < 4.78 is 67.4. The topological polar surface area (TPSA) is 160 Å². The molecule has 5 N–H and O–H groups in total. The van der Waals surface area contributed by atoms with Gasteiger partial charge in [-0.15, -0.1) is 0 Å². The van der Waals surface area contributed by atoms with E-state index in [1.807, 2.05) is 30.3 Å². The van der Waals surface area contributed by atoms with E-state index in [1.165, 1.54) is 12.1 Å². The number of aliphatic hydroxyl groups is 1. The average molecular weight is 659 g/mol. The second-order valence-electron chi connectivity index (χ2n) is 11.6. The fourth-order valence-corrected chi connectivity index (χ4v) is 8.40. The second-order valence-corrected chi connectivity index (χ2v) is 15.3. The van der Waals surface area contributed by atoms with Crippen molar-refractivity contribution < 1.29 is 31.4 Å². The summed E-state index contributed by atoms with van der Waals surface area (Å²) in [6.07, 6.45) is 1.06. The lowest BCUT2D eigenvalue weighted by Crippen LogP contribution is -2.47. The molecule has 1 spiro atoms. The Bertz CT molecular complexity index is 1660. The van der Waals surface area contributed by atoms with Gasteiger partial charge in [0.2, 0.25) is 20.0 Å². The Balaban J connectivity index is 1.10. The Hall–Kier alpha value is -2.88. The van der Waals surface area contributed by atoms with Crippen molar-refractivity contribution in [1.29, 1.82) is 0 Å². The molecule has 0 bridgehead atoms. The summed E-state index contributed by atoms with van der Waals surface area (Å²) in [5.74, 6) is 0.353. The van der Waals surface area contributed by atoms with E-state index in [-0.39, 0.29) is 35.5 Å². The summed E-state index contributed by atoms with van der Waals surface area (Å²) in [7, 11) is -7.28. The van der Waals surface area contributed by atoms with Crippen LogP contribution in [0.1, 0.15) is 31.7 Å². The monoisotopic (exact) mass is 658 g/mol. The normalized spacial score (nSPS) is 19.5. The van der Waals surface area contributed by atoms with E-state index >= 15 is 0 Å². The quantitative estimate of drug-likeness (QED) is 0.216. The van der Waals surface area contributed by atoms with Crippen molar-refractivity contribution in [1.82, 2.24) is 14.3 Å². The minimum atomic E-state index is -3.67.